The van der Waals surface area contributed by atoms with Gasteiger partial charge in [-0.05, 0) is 32.6 Å². The molecular weight excluding hydrogens is 176 g/mol. The Balaban J connectivity index is 2.65. The summed E-state index contributed by atoms with van der Waals surface area (Å²) in [6, 6.07) is 0. The van der Waals surface area contributed by atoms with Crippen molar-refractivity contribution in [3.8, 4) is 0 Å². The number of ether oxygens (including phenoxy) is 1. The number of hydrogen-bond donors (Lipinski definition) is 0. The zero-order chi connectivity index (χ0) is 10.7. The van der Waals surface area contributed by atoms with E-state index in [0.717, 1.165) is 30.4 Å². The summed E-state index contributed by atoms with van der Waals surface area (Å²) in [6.07, 6.45) is 3.08. The minimum Gasteiger partial charge on any atom is -0.459 e. The number of cyclic esters (lactones) is 1. The van der Waals surface area contributed by atoms with E-state index in [4.69, 9.17) is 4.74 Å². The van der Waals surface area contributed by atoms with Gasteiger partial charge < -0.3 is 4.74 Å². The van der Waals surface area contributed by atoms with Crippen LogP contribution in [0.15, 0.2) is 11.1 Å². The minimum absolute atomic E-state index is 0.0958. The maximum atomic E-state index is 11.6. The van der Waals surface area contributed by atoms with Crippen LogP contribution in [0.2, 0.25) is 0 Å². The number of carbonyl (C=O) groups is 1. The van der Waals surface area contributed by atoms with Gasteiger partial charge in [-0.25, -0.2) is 4.79 Å². The van der Waals surface area contributed by atoms with Crippen LogP contribution >= 0.6 is 0 Å². The quantitative estimate of drug-likeness (QED) is 0.501. The SMILES string of the molecule is CCC(C)C1CCC(=C(C)C)C(=O)O1. The molecule has 1 saturated heterocycles. The standard InChI is InChI=1S/C12H20O2/c1-5-9(4)11-7-6-10(8(2)3)12(13)14-11/h9,11H,5-7H2,1-4H3. The van der Waals surface area contributed by atoms with Crippen molar-refractivity contribution in [3.05, 3.63) is 11.1 Å². The van der Waals surface area contributed by atoms with Gasteiger partial charge in [0.2, 0.25) is 0 Å². The molecular formula is C12H20O2. The van der Waals surface area contributed by atoms with E-state index in [-0.39, 0.29) is 12.1 Å². The summed E-state index contributed by atoms with van der Waals surface area (Å²) in [4.78, 5) is 11.6. The van der Waals surface area contributed by atoms with Gasteiger partial charge in [-0.3, -0.25) is 0 Å². The summed E-state index contributed by atoms with van der Waals surface area (Å²) in [5, 5.41) is 0. The van der Waals surface area contributed by atoms with Gasteiger partial charge in [-0.15, -0.1) is 0 Å². The normalized spacial score (nSPS) is 24.4. The van der Waals surface area contributed by atoms with E-state index in [0.29, 0.717) is 5.92 Å². The molecule has 2 atom stereocenters. The molecule has 0 aromatic rings. The van der Waals surface area contributed by atoms with Gasteiger partial charge in [-0.1, -0.05) is 25.8 Å². The molecule has 1 aliphatic heterocycles. The smallest absolute Gasteiger partial charge is 0.334 e. The number of allylic oxidation sites excluding steroid dienone is 1. The van der Waals surface area contributed by atoms with Crippen molar-refractivity contribution in [3.63, 3.8) is 0 Å². The highest BCUT2D eigenvalue weighted by Crippen LogP contribution is 2.27. The molecule has 14 heavy (non-hydrogen) atoms. The van der Waals surface area contributed by atoms with Crippen LogP contribution in [0.3, 0.4) is 0 Å². The van der Waals surface area contributed by atoms with E-state index < -0.39 is 0 Å². The van der Waals surface area contributed by atoms with Gasteiger partial charge in [0, 0.05) is 5.57 Å². The molecule has 0 aliphatic carbocycles. The largest absolute Gasteiger partial charge is 0.459 e. The maximum absolute atomic E-state index is 11.6. The molecule has 0 aromatic heterocycles. The number of carbonyl (C=O) groups excluding carboxylic acids is 1. The zero-order valence-electron chi connectivity index (χ0n) is 9.59. The van der Waals surface area contributed by atoms with Crippen LogP contribution in [0.4, 0.5) is 0 Å². The molecule has 2 nitrogen and oxygen atoms in total. The second-order valence-corrected chi connectivity index (χ2v) is 4.35. The fraction of sp³-hybridized carbons (Fsp3) is 0.750. The third-order valence-electron chi connectivity index (χ3n) is 3.07. The van der Waals surface area contributed by atoms with Crippen LogP contribution < -0.4 is 0 Å². The van der Waals surface area contributed by atoms with Crippen molar-refractivity contribution in [2.75, 3.05) is 0 Å². The second-order valence-electron chi connectivity index (χ2n) is 4.35. The zero-order valence-corrected chi connectivity index (χ0v) is 9.59. The lowest BCUT2D eigenvalue weighted by Crippen LogP contribution is -2.30. The molecule has 0 saturated carbocycles. The molecule has 1 rings (SSSR count). The fourth-order valence-electron chi connectivity index (χ4n) is 1.77. The Kier molecular flexibility index (Phi) is 3.73. The fourth-order valence-corrected chi connectivity index (χ4v) is 1.77. The molecule has 0 spiro atoms. The van der Waals surface area contributed by atoms with Crippen molar-refractivity contribution in [1.29, 1.82) is 0 Å². The van der Waals surface area contributed by atoms with Gasteiger partial charge in [0.1, 0.15) is 6.10 Å². The van der Waals surface area contributed by atoms with E-state index >= 15 is 0 Å². The van der Waals surface area contributed by atoms with Crippen LogP contribution in [-0.4, -0.2) is 12.1 Å². The predicted octanol–water partition coefficient (Wildman–Crippen LogP) is 3.07. The molecule has 0 bridgehead atoms. The lowest BCUT2D eigenvalue weighted by atomic mass is 9.92. The number of hydrogen-bond acceptors (Lipinski definition) is 2. The highest BCUT2D eigenvalue weighted by molar-refractivity contribution is 5.90. The maximum Gasteiger partial charge on any atom is 0.334 e. The monoisotopic (exact) mass is 196 g/mol. The first-order valence-electron chi connectivity index (χ1n) is 5.43. The molecule has 1 fully saturated rings. The van der Waals surface area contributed by atoms with E-state index in [1.54, 1.807) is 0 Å². The van der Waals surface area contributed by atoms with Crippen molar-refractivity contribution in [2.24, 2.45) is 5.92 Å². The first kappa shape index (κ1) is 11.3. The molecule has 0 radical (unpaired) electrons. The van der Waals surface area contributed by atoms with Crippen molar-refractivity contribution in [2.45, 2.75) is 53.1 Å². The summed E-state index contributed by atoms with van der Waals surface area (Å²) in [6.45, 7) is 8.22. The third kappa shape index (κ3) is 2.37. The molecule has 1 heterocycles. The van der Waals surface area contributed by atoms with Crippen LogP contribution in [0, 0.1) is 5.92 Å². The number of esters is 1. The summed E-state index contributed by atoms with van der Waals surface area (Å²) >= 11 is 0. The molecule has 1 aliphatic rings. The molecule has 0 N–H and O–H groups in total. The summed E-state index contributed by atoms with van der Waals surface area (Å²) in [5.41, 5.74) is 1.97. The Morgan fingerprint density at radius 1 is 1.57 bits per heavy atom. The minimum atomic E-state index is -0.0958. The van der Waals surface area contributed by atoms with E-state index in [9.17, 15) is 4.79 Å². The van der Waals surface area contributed by atoms with E-state index in [2.05, 4.69) is 13.8 Å². The Hall–Kier alpha value is -0.790. The summed E-state index contributed by atoms with van der Waals surface area (Å²) in [7, 11) is 0. The Morgan fingerprint density at radius 3 is 2.64 bits per heavy atom. The summed E-state index contributed by atoms with van der Waals surface area (Å²) < 4.78 is 5.42. The Morgan fingerprint density at radius 2 is 2.21 bits per heavy atom. The molecule has 80 valence electrons. The Labute approximate surface area is 86.3 Å². The topological polar surface area (TPSA) is 26.3 Å². The van der Waals surface area contributed by atoms with Gasteiger partial charge in [0.15, 0.2) is 0 Å². The molecule has 0 amide bonds. The van der Waals surface area contributed by atoms with Crippen molar-refractivity contribution < 1.29 is 9.53 Å². The molecule has 2 unspecified atom stereocenters. The van der Waals surface area contributed by atoms with E-state index in [1.165, 1.54) is 0 Å². The highest BCUT2D eigenvalue weighted by Gasteiger charge is 2.28. The first-order chi connectivity index (χ1) is 6.56. The number of rotatable bonds is 2. The third-order valence-corrected chi connectivity index (χ3v) is 3.07. The van der Waals surface area contributed by atoms with Gasteiger partial charge in [0.25, 0.3) is 0 Å². The second kappa shape index (κ2) is 4.63. The van der Waals surface area contributed by atoms with Crippen LogP contribution in [0.25, 0.3) is 0 Å². The van der Waals surface area contributed by atoms with Crippen molar-refractivity contribution >= 4 is 5.97 Å². The van der Waals surface area contributed by atoms with Gasteiger partial charge >= 0.3 is 5.97 Å². The van der Waals surface area contributed by atoms with Crippen LogP contribution in [0.5, 0.6) is 0 Å². The van der Waals surface area contributed by atoms with Gasteiger partial charge in [-0.2, -0.15) is 0 Å². The van der Waals surface area contributed by atoms with Crippen LogP contribution in [-0.2, 0) is 9.53 Å². The Bertz CT molecular complexity index is 249. The van der Waals surface area contributed by atoms with Gasteiger partial charge in [0.05, 0.1) is 0 Å². The summed E-state index contributed by atoms with van der Waals surface area (Å²) in [5.74, 6) is 0.388. The average molecular weight is 196 g/mol. The highest BCUT2D eigenvalue weighted by atomic mass is 16.5. The predicted molar refractivity (Wildman–Crippen MR) is 56.9 cm³/mol. The first-order valence-corrected chi connectivity index (χ1v) is 5.43. The molecule has 2 heteroatoms. The van der Waals surface area contributed by atoms with E-state index in [1.807, 2.05) is 13.8 Å². The molecule has 0 aromatic carbocycles. The van der Waals surface area contributed by atoms with Crippen LogP contribution in [0.1, 0.15) is 47.0 Å². The van der Waals surface area contributed by atoms with Crippen molar-refractivity contribution in [1.82, 2.24) is 0 Å². The lowest BCUT2D eigenvalue weighted by Gasteiger charge is -2.28. The average Bonchev–Trinajstić information content (AvgIpc) is 2.15. The lowest BCUT2D eigenvalue weighted by molar-refractivity contribution is -0.150.